The molecule has 0 spiro atoms. The highest BCUT2D eigenvalue weighted by Gasteiger charge is 2.10. The van der Waals surface area contributed by atoms with E-state index in [-0.39, 0.29) is 18.6 Å². The first-order valence-electron chi connectivity index (χ1n) is 6.29. The highest BCUT2D eigenvalue weighted by molar-refractivity contribution is 5.75. The second-order valence-electron chi connectivity index (χ2n) is 4.26. The van der Waals surface area contributed by atoms with E-state index in [0.717, 1.165) is 11.3 Å². The monoisotopic (exact) mass is 255 g/mol. The molecule has 19 heavy (non-hydrogen) atoms. The lowest BCUT2D eigenvalue weighted by Crippen LogP contribution is -2.18. The first-order chi connectivity index (χ1) is 9.25. The Kier molecular flexibility index (Phi) is 4.56. The van der Waals surface area contributed by atoms with Gasteiger partial charge in [0.2, 0.25) is 0 Å². The van der Waals surface area contributed by atoms with Gasteiger partial charge in [0.15, 0.2) is 0 Å². The summed E-state index contributed by atoms with van der Waals surface area (Å²) in [7, 11) is 0. The first-order valence-corrected chi connectivity index (χ1v) is 6.29. The summed E-state index contributed by atoms with van der Waals surface area (Å²) >= 11 is 0. The van der Waals surface area contributed by atoms with Crippen LogP contribution in [0, 0.1) is 0 Å². The third-order valence-corrected chi connectivity index (χ3v) is 2.79. The maximum atomic E-state index is 11.7. The molecule has 0 aliphatic rings. The molecule has 2 aromatic rings. The van der Waals surface area contributed by atoms with E-state index in [1.807, 2.05) is 67.6 Å². The van der Waals surface area contributed by atoms with Crippen molar-refractivity contribution in [3.05, 3.63) is 66.2 Å². The molecule has 3 heteroatoms. The van der Waals surface area contributed by atoms with E-state index >= 15 is 0 Å². The molecule has 1 atom stereocenters. The Morgan fingerprint density at radius 3 is 2.26 bits per heavy atom. The Labute approximate surface area is 113 Å². The molecule has 0 amide bonds. The second kappa shape index (κ2) is 6.59. The Hall–Kier alpha value is -2.29. The predicted molar refractivity (Wildman–Crippen MR) is 75.9 cm³/mol. The van der Waals surface area contributed by atoms with Crippen molar-refractivity contribution < 1.29 is 9.53 Å². The Balaban J connectivity index is 1.82. The number of anilines is 1. The smallest absolute Gasteiger partial charge is 0.325 e. The van der Waals surface area contributed by atoms with Crippen LogP contribution in [-0.4, -0.2) is 12.5 Å². The highest BCUT2D eigenvalue weighted by atomic mass is 16.5. The molecule has 98 valence electrons. The number of nitrogens with one attached hydrogen (secondary N) is 1. The highest BCUT2D eigenvalue weighted by Crippen LogP contribution is 2.16. The largest absolute Gasteiger partial charge is 0.456 e. The van der Waals surface area contributed by atoms with E-state index in [9.17, 15) is 4.79 Å². The zero-order chi connectivity index (χ0) is 13.5. The van der Waals surface area contributed by atoms with Crippen LogP contribution in [0.15, 0.2) is 60.7 Å². The van der Waals surface area contributed by atoms with Crippen LogP contribution in [0.25, 0.3) is 0 Å². The number of rotatable bonds is 5. The number of benzene rings is 2. The van der Waals surface area contributed by atoms with Gasteiger partial charge in [0.1, 0.15) is 12.6 Å². The Morgan fingerprint density at radius 1 is 1.05 bits per heavy atom. The van der Waals surface area contributed by atoms with Crippen LogP contribution in [-0.2, 0) is 9.53 Å². The Bertz CT molecular complexity index is 511. The first kappa shape index (κ1) is 13.1. The van der Waals surface area contributed by atoms with Gasteiger partial charge in [-0.05, 0) is 24.6 Å². The SMILES string of the molecule is CC(OC(=O)CNc1ccccc1)c1ccccc1. The number of para-hydroxylation sites is 1. The van der Waals surface area contributed by atoms with Crippen molar-refractivity contribution in [2.75, 3.05) is 11.9 Å². The van der Waals surface area contributed by atoms with Crippen molar-refractivity contribution in [1.82, 2.24) is 0 Å². The van der Waals surface area contributed by atoms with Gasteiger partial charge in [-0.15, -0.1) is 0 Å². The van der Waals surface area contributed by atoms with Gasteiger partial charge in [-0.3, -0.25) is 4.79 Å². The van der Waals surface area contributed by atoms with Crippen LogP contribution >= 0.6 is 0 Å². The number of carbonyl (C=O) groups excluding carboxylic acids is 1. The molecule has 0 radical (unpaired) electrons. The topological polar surface area (TPSA) is 38.3 Å². The molecule has 0 saturated heterocycles. The molecule has 0 aliphatic carbocycles. The van der Waals surface area contributed by atoms with Gasteiger partial charge in [-0.2, -0.15) is 0 Å². The number of ether oxygens (including phenoxy) is 1. The van der Waals surface area contributed by atoms with Crippen molar-refractivity contribution >= 4 is 11.7 Å². The van der Waals surface area contributed by atoms with Gasteiger partial charge in [0.25, 0.3) is 0 Å². The molecule has 1 N–H and O–H groups in total. The van der Waals surface area contributed by atoms with Gasteiger partial charge < -0.3 is 10.1 Å². The van der Waals surface area contributed by atoms with Crippen LogP contribution in [0.4, 0.5) is 5.69 Å². The lowest BCUT2D eigenvalue weighted by atomic mass is 10.1. The van der Waals surface area contributed by atoms with Crippen LogP contribution in [0.5, 0.6) is 0 Å². The minimum absolute atomic E-state index is 0.168. The van der Waals surface area contributed by atoms with E-state index < -0.39 is 0 Å². The molecule has 0 bridgehead atoms. The molecule has 1 unspecified atom stereocenters. The maximum Gasteiger partial charge on any atom is 0.325 e. The van der Waals surface area contributed by atoms with Gasteiger partial charge in [0.05, 0.1) is 0 Å². The fourth-order valence-electron chi connectivity index (χ4n) is 1.76. The molecule has 0 aliphatic heterocycles. The normalized spacial score (nSPS) is 11.6. The molecule has 0 saturated carbocycles. The fourth-order valence-corrected chi connectivity index (χ4v) is 1.76. The summed E-state index contributed by atoms with van der Waals surface area (Å²) in [4.78, 5) is 11.7. The average molecular weight is 255 g/mol. The van der Waals surface area contributed by atoms with Crippen LogP contribution in [0.1, 0.15) is 18.6 Å². The lowest BCUT2D eigenvalue weighted by molar-refractivity contribution is -0.146. The van der Waals surface area contributed by atoms with E-state index in [0.29, 0.717) is 0 Å². The fraction of sp³-hybridized carbons (Fsp3) is 0.188. The molecule has 2 rings (SSSR count). The zero-order valence-corrected chi connectivity index (χ0v) is 10.9. The molecule has 2 aromatic carbocycles. The lowest BCUT2D eigenvalue weighted by Gasteiger charge is -2.14. The molecule has 0 aromatic heterocycles. The number of carbonyl (C=O) groups is 1. The molecule has 3 nitrogen and oxygen atoms in total. The third kappa shape index (κ3) is 4.14. The van der Waals surface area contributed by atoms with E-state index in [1.165, 1.54) is 0 Å². The van der Waals surface area contributed by atoms with Crippen molar-refractivity contribution in [2.45, 2.75) is 13.0 Å². The van der Waals surface area contributed by atoms with Gasteiger partial charge >= 0.3 is 5.97 Å². The second-order valence-corrected chi connectivity index (χ2v) is 4.26. The van der Waals surface area contributed by atoms with Crippen LogP contribution in [0.3, 0.4) is 0 Å². The maximum absolute atomic E-state index is 11.7. The van der Waals surface area contributed by atoms with Crippen molar-refractivity contribution in [1.29, 1.82) is 0 Å². The summed E-state index contributed by atoms with van der Waals surface area (Å²) in [5.41, 5.74) is 1.90. The standard InChI is InChI=1S/C16H17NO2/c1-13(14-8-4-2-5-9-14)19-16(18)12-17-15-10-6-3-7-11-15/h2-11,13,17H,12H2,1H3. The van der Waals surface area contributed by atoms with Crippen molar-refractivity contribution in [2.24, 2.45) is 0 Å². The minimum atomic E-state index is -0.264. The van der Waals surface area contributed by atoms with Crippen molar-refractivity contribution in [3.63, 3.8) is 0 Å². The number of esters is 1. The van der Waals surface area contributed by atoms with Gasteiger partial charge in [-0.25, -0.2) is 0 Å². The zero-order valence-electron chi connectivity index (χ0n) is 10.9. The molecular formula is C16H17NO2. The molecule has 0 fully saturated rings. The minimum Gasteiger partial charge on any atom is -0.456 e. The van der Waals surface area contributed by atoms with E-state index in [1.54, 1.807) is 0 Å². The van der Waals surface area contributed by atoms with E-state index in [2.05, 4.69) is 5.32 Å². The summed E-state index contributed by atoms with van der Waals surface area (Å²) in [6.45, 7) is 2.04. The molecular weight excluding hydrogens is 238 g/mol. The Morgan fingerprint density at radius 2 is 1.63 bits per heavy atom. The van der Waals surface area contributed by atoms with Gasteiger partial charge in [-0.1, -0.05) is 48.5 Å². The summed E-state index contributed by atoms with van der Waals surface area (Å²) in [6, 6.07) is 19.3. The summed E-state index contributed by atoms with van der Waals surface area (Å²) in [5.74, 6) is -0.264. The summed E-state index contributed by atoms with van der Waals surface area (Å²) in [5, 5.41) is 3.03. The van der Waals surface area contributed by atoms with Crippen LogP contribution < -0.4 is 5.32 Å². The molecule has 0 heterocycles. The quantitative estimate of drug-likeness (QED) is 0.832. The van der Waals surface area contributed by atoms with E-state index in [4.69, 9.17) is 4.74 Å². The predicted octanol–water partition coefficient (Wildman–Crippen LogP) is 3.40. The average Bonchev–Trinajstić information content (AvgIpc) is 2.47. The summed E-state index contributed by atoms with van der Waals surface area (Å²) < 4.78 is 5.36. The van der Waals surface area contributed by atoms with Crippen molar-refractivity contribution in [3.8, 4) is 0 Å². The third-order valence-electron chi connectivity index (χ3n) is 2.79. The number of hydrogen-bond acceptors (Lipinski definition) is 3. The van der Waals surface area contributed by atoms with Gasteiger partial charge in [0, 0.05) is 5.69 Å². The van der Waals surface area contributed by atoms with Crippen LogP contribution in [0.2, 0.25) is 0 Å². The number of hydrogen-bond donors (Lipinski definition) is 1. The summed E-state index contributed by atoms with van der Waals surface area (Å²) in [6.07, 6.45) is -0.230.